The van der Waals surface area contributed by atoms with Crippen LogP contribution in [0, 0.1) is 0 Å². The highest BCUT2D eigenvalue weighted by atomic mass is 32.2. The van der Waals surface area contributed by atoms with E-state index in [0.717, 1.165) is 5.56 Å². The summed E-state index contributed by atoms with van der Waals surface area (Å²) >= 11 is 0. The molecule has 2 rings (SSSR count). The highest BCUT2D eigenvalue weighted by Crippen LogP contribution is 2.30. The summed E-state index contributed by atoms with van der Waals surface area (Å²) in [6.07, 6.45) is -0.257. The highest BCUT2D eigenvalue weighted by molar-refractivity contribution is 7.84. The van der Waals surface area contributed by atoms with E-state index in [0.29, 0.717) is 0 Å². The summed E-state index contributed by atoms with van der Waals surface area (Å²) in [7, 11) is -1.14. The van der Waals surface area contributed by atoms with Gasteiger partial charge in [-0.3, -0.25) is 0 Å². The van der Waals surface area contributed by atoms with Crippen LogP contribution in [0.2, 0.25) is 0 Å². The molecule has 0 radical (unpaired) electrons. The van der Waals surface area contributed by atoms with Gasteiger partial charge in [0.05, 0.1) is 0 Å². The molecule has 0 saturated carbocycles. The minimum absolute atomic E-state index is 0.257. The van der Waals surface area contributed by atoms with E-state index >= 15 is 0 Å². The zero-order valence-electron chi connectivity index (χ0n) is 8.19. The first-order chi connectivity index (χ1) is 6.59. The van der Waals surface area contributed by atoms with Crippen LogP contribution in [-0.2, 0) is 15.7 Å². The minimum Gasteiger partial charge on any atom is -0.338 e. The Morgan fingerprint density at radius 2 is 2.00 bits per heavy atom. The zero-order valence-corrected chi connectivity index (χ0v) is 9.01. The molecule has 1 saturated heterocycles. The summed E-state index contributed by atoms with van der Waals surface area (Å²) in [6.45, 7) is 3.64. The van der Waals surface area contributed by atoms with Crippen molar-refractivity contribution in [2.75, 3.05) is 0 Å². The Hall–Kier alpha value is -0.710. The van der Waals surface area contributed by atoms with Crippen LogP contribution in [0.15, 0.2) is 30.3 Å². The standard InChI is InChI=1S/C10H13NO2S/c1-10(2)13-9(11-14(10)12)8-6-4-3-5-7-8/h3-7,9,11H,1-2H3/t9-,14?/m0/s1. The second kappa shape index (κ2) is 3.46. The first-order valence-corrected chi connectivity index (χ1v) is 5.65. The fourth-order valence-corrected chi connectivity index (χ4v) is 2.20. The molecule has 3 nitrogen and oxygen atoms in total. The number of rotatable bonds is 1. The Morgan fingerprint density at radius 3 is 2.50 bits per heavy atom. The van der Waals surface area contributed by atoms with Crippen molar-refractivity contribution < 1.29 is 8.95 Å². The van der Waals surface area contributed by atoms with E-state index in [1.807, 2.05) is 44.2 Å². The van der Waals surface area contributed by atoms with E-state index in [9.17, 15) is 4.21 Å². The Balaban J connectivity index is 2.21. The molecule has 1 unspecified atom stereocenters. The van der Waals surface area contributed by atoms with Crippen molar-refractivity contribution in [3.05, 3.63) is 35.9 Å². The van der Waals surface area contributed by atoms with Gasteiger partial charge in [-0.1, -0.05) is 30.3 Å². The molecule has 1 aromatic carbocycles. The largest absolute Gasteiger partial charge is 0.338 e. The van der Waals surface area contributed by atoms with Gasteiger partial charge in [-0.05, 0) is 19.4 Å². The molecular formula is C10H13NO2S. The quantitative estimate of drug-likeness (QED) is 0.768. The fraction of sp³-hybridized carbons (Fsp3) is 0.400. The summed E-state index contributed by atoms with van der Waals surface area (Å²) in [6, 6.07) is 9.73. The van der Waals surface area contributed by atoms with Crippen LogP contribution in [0.4, 0.5) is 0 Å². The third-order valence-corrected chi connectivity index (χ3v) is 3.58. The first kappa shape index (κ1) is 9.83. The van der Waals surface area contributed by atoms with Gasteiger partial charge in [0, 0.05) is 0 Å². The monoisotopic (exact) mass is 211 g/mol. The summed E-state index contributed by atoms with van der Waals surface area (Å²) in [4.78, 5) is -0.611. The molecular weight excluding hydrogens is 198 g/mol. The smallest absolute Gasteiger partial charge is 0.153 e. The molecule has 0 amide bonds. The molecule has 1 aliphatic heterocycles. The average molecular weight is 211 g/mol. The summed E-state index contributed by atoms with van der Waals surface area (Å²) in [5, 5.41) is 0. The molecule has 0 aliphatic carbocycles. The van der Waals surface area contributed by atoms with Gasteiger partial charge in [0.1, 0.15) is 17.2 Å². The van der Waals surface area contributed by atoms with Crippen LogP contribution >= 0.6 is 0 Å². The molecule has 4 heteroatoms. The molecule has 1 N–H and O–H groups in total. The predicted molar refractivity (Wildman–Crippen MR) is 55.6 cm³/mol. The van der Waals surface area contributed by atoms with E-state index in [4.69, 9.17) is 4.74 Å². The molecule has 0 spiro atoms. The third kappa shape index (κ3) is 1.73. The molecule has 0 bridgehead atoms. The van der Waals surface area contributed by atoms with Crippen molar-refractivity contribution in [3.63, 3.8) is 0 Å². The van der Waals surface area contributed by atoms with Crippen LogP contribution in [0.1, 0.15) is 25.6 Å². The van der Waals surface area contributed by atoms with Gasteiger partial charge in [0.25, 0.3) is 0 Å². The lowest BCUT2D eigenvalue weighted by Crippen LogP contribution is -2.25. The Labute approximate surface area is 86.1 Å². The van der Waals surface area contributed by atoms with Crippen LogP contribution in [-0.4, -0.2) is 9.14 Å². The van der Waals surface area contributed by atoms with Crippen molar-refractivity contribution in [2.24, 2.45) is 0 Å². The molecule has 1 aromatic rings. The molecule has 1 fully saturated rings. The van der Waals surface area contributed by atoms with Gasteiger partial charge in [-0.15, -0.1) is 0 Å². The number of benzene rings is 1. The maximum absolute atomic E-state index is 11.6. The van der Waals surface area contributed by atoms with Crippen LogP contribution in [0.25, 0.3) is 0 Å². The highest BCUT2D eigenvalue weighted by Gasteiger charge is 2.39. The van der Waals surface area contributed by atoms with Gasteiger partial charge < -0.3 is 4.74 Å². The van der Waals surface area contributed by atoms with Gasteiger partial charge >= 0.3 is 0 Å². The Bertz CT molecular complexity index is 350. The lowest BCUT2D eigenvalue weighted by molar-refractivity contribution is 0.000394. The number of hydrogen-bond acceptors (Lipinski definition) is 2. The average Bonchev–Trinajstić information content (AvgIpc) is 2.43. The topological polar surface area (TPSA) is 38.3 Å². The minimum atomic E-state index is -1.14. The van der Waals surface area contributed by atoms with Gasteiger partial charge in [-0.25, -0.2) is 8.93 Å². The second-order valence-corrected chi connectivity index (χ2v) is 5.45. The summed E-state index contributed by atoms with van der Waals surface area (Å²) < 4.78 is 20.1. The van der Waals surface area contributed by atoms with Crippen LogP contribution < -0.4 is 4.72 Å². The molecule has 76 valence electrons. The second-order valence-electron chi connectivity index (χ2n) is 3.69. The maximum atomic E-state index is 11.6. The fourth-order valence-electron chi connectivity index (χ4n) is 1.35. The van der Waals surface area contributed by atoms with E-state index in [2.05, 4.69) is 4.72 Å². The van der Waals surface area contributed by atoms with Crippen LogP contribution in [0.5, 0.6) is 0 Å². The molecule has 14 heavy (non-hydrogen) atoms. The molecule has 0 aromatic heterocycles. The van der Waals surface area contributed by atoms with E-state index in [-0.39, 0.29) is 6.23 Å². The van der Waals surface area contributed by atoms with Gasteiger partial charge in [-0.2, -0.15) is 0 Å². The van der Waals surface area contributed by atoms with E-state index in [1.165, 1.54) is 0 Å². The van der Waals surface area contributed by atoms with Gasteiger partial charge in [0.2, 0.25) is 0 Å². The molecule has 1 aliphatic rings. The SMILES string of the molecule is CC1(C)O[C@@H](c2ccccc2)NS1=O. The van der Waals surface area contributed by atoms with Crippen molar-refractivity contribution >= 4 is 11.0 Å². The number of ether oxygens (including phenoxy) is 1. The van der Waals surface area contributed by atoms with Crippen LogP contribution in [0.3, 0.4) is 0 Å². The van der Waals surface area contributed by atoms with E-state index < -0.39 is 15.9 Å². The Kier molecular flexibility index (Phi) is 2.43. The predicted octanol–water partition coefficient (Wildman–Crippen LogP) is 1.70. The number of hydrogen-bond donors (Lipinski definition) is 1. The van der Waals surface area contributed by atoms with Crippen molar-refractivity contribution in [1.82, 2.24) is 4.72 Å². The summed E-state index contributed by atoms with van der Waals surface area (Å²) in [5.74, 6) is 0. The summed E-state index contributed by atoms with van der Waals surface area (Å²) in [5.41, 5.74) is 1.01. The zero-order chi connectivity index (χ0) is 10.2. The Morgan fingerprint density at radius 1 is 1.36 bits per heavy atom. The normalized spacial score (nSPS) is 30.4. The first-order valence-electron chi connectivity index (χ1n) is 4.50. The van der Waals surface area contributed by atoms with Crippen molar-refractivity contribution in [2.45, 2.75) is 25.0 Å². The van der Waals surface area contributed by atoms with Crippen molar-refractivity contribution in [1.29, 1.82) is 0 Å². The van der Waals surface area contributed by atoms with Gasteiger partial charge in [0.15, 0.2) is 4.93 Å². The van der Waals surface area contributed by atoms with E-state index in [1.54, 1.807) is 0 Å². The number of nitrogens with one attached hydrogen (secondary N) is 1. The lowest BCUT2D eigenvalue weighted by atomic mass is 10.2. The molecule has 2 atom stereocenters. The lowest BCUT2D eigenvalue weighted by Gasteiger charge is -2.15. The maximum Gasteiger partial charge on any atom is 0.153 e. The van der Waals surface area contributed by atoms with Crippen molar-refractivity contribution in [3.8, 4) is 0 Å². The molecule has 1 heterocycles. The third-order valence-electron chi connectivity index (χ3n) is 2.16.